The van der Waals surface area contributed by atoms with E-state index in [1.807, 2.05) is 25.2 Å². The molecule has 1 aromatic heterocycles. The van der Waals surface area contributed by atoms with Gasteiger partial charge in [-0.3, -0.25) is 0 Å². The molecule has 1 saturated heterocycles. The third-order valence-corrected chi connectivity index (χ3v) is 6.19. The van der Waals surface area contributed by atoms with Crippen LogP contribution in [0.15, 0.2) is 24.3 Å². The lowest BCUT2D eigenvalue weighted by molar-refractivity contribution is 0.254. The standard InChI is InChI=1S/C26H41N5O2/c1-5-10-20(11-6-2)22-19-25(27-3)30-26(29-22)28-21-12-13-23(32-4)24(18-21)33-17-9-16-31-14-7-8-15-31/h12-13,18-20H,5-11,14-17H2,1-4H3,(H2,27,28,29,30). The highest BCUT2D eigenvalue weighted by Crippen LogP contribution is 2.32. The molecule has 0 radical (unpaired) electrons. The zero-order valence-corrected chi connectivity index (χ0v) is 20.8. The van der Waals surface area contributed by atoms with Gasteiger partial charge in [0.15, 0.2) is 11.5 Å². The predicted octanol–water partition coefficient (Wildman–Crippen LogP) is 5.82. The van der Waals surface area contributed by atoms with Gasteiger partial charge in [-0.15, -0.1) is 0 Å². The Balaban J connectivity index is 1.70. The summed E-state index contributed by atoms with van der Waals surface area (Å²) in [4.78, 5) is 12.0. The van der Waals surface area contributed by atoms with Gasteiger partial charge in [0, 0.05) is 37.3 Å². The van der Waals surface area contributed by atoms with Crippen LogP contribution < -0.4 is 20.1 Å². The summed E-state index contributed by atoms with van der Waals surface area (Å²) in [5, 5.41) is 6.56. The van der Waals surface area contributed by atoms with Gasteiger partial charge in [-0.05, 0) is 57.3 Å². The Morgan fingerprint density at radius 3 is 2.45 bits per heavy atom. The third-order valence-electron chi connectivity index (χ3n) is 6.19. The molecule has 1 aromatic carbocycles. The second-order valence-electron chi connectivity index (χ2n) is 8.77. The summed E-state index contributed by atoms with van der Waals surface area (Å²) in [5.74, 6) is 3.34. The quantitative estimate of drug-likeness (QED) is 0.348. The summed E-state index contributed by atoms with van der Waals surface area (Å²) in [5.41, 5.74) is 1.97. The monoisotopic (exact) mass is 455 g/mol. The molecule has 2 N–H and O–H groups in total. The number of anilines is 3. The van der Waals surface area contributed by atoms with Crippen LogP contribution in [0, 0.1) is 0 Å². The maximum absolute atomic E-state index is 6.09. The van der Waals surface area contributed by atoms with Gasteiger partial charge >= 0.3 is 0 Å². The number of ether oxygens (including phenoxy) is 2. The lowest BCUT2D eigenvalue weighted by atomic mass is 9.94. The molecule has 7 heteroatoms. The first kappa shape index (κ1) is 25.1. The van der Waals surface area contributed by atoms with Crippen LogP contribution in [-0.2, 0) is 0 Å². The van der Waals surface area contributed by atoms with Crippen LogP contribution >= 0.6 is 0 Å². The van der Waals surface area contributed by atoms with Gasteiger partial charge in [0.25, 0.3) is 0 Å². The average molecular weight is 456 g/mol. The zero-order chi connectivity index (χ0) is 23.5. The molecule has 0 saturated carbocycles. The van der Waals surface area contributed by atoms with E-state index in [9.17, 15) is 0 Å². The second-order valence-corrected chi connectivity index (χ2v) is 8.77. The summed E-state index contributed by atoms with van der Waals surface area (Å²) in [6, 6.07) is 7.95. The lowest BCUT2D eigenvalue weighted by Gasteiger charge is -2.18. The Labute approximate surface area is 199 Å². The van der Waals surface area contributed by atoms with E-state index in [0.717, 1.165) is 67.3 Å². The highest BCUT2D eigenvalue weighted by molar-refractivity contribution is 5.60. The van der Waals surface area contributed by atoms with Crippen molar-refractivity contribution in [1.29, 1.82) is 0 Å². The van der Waals surface area contributed by atoms with Gasteiger partial charge in [-0.2, -0.15) is 4.98 Å². The summed E-state index contributed by atoms with van der Waals surface area (Å²) in [6.45, 7) is 8.64. The first-order valence-electron chi connectivity index (χ1n) is 12.5. The molecule has 1 aliphatic heterocycles. The normalized spacial score (nSPS) is 14.0. The number of aromatic nitrogens is 2. The van der Waals surface area contributed by atoms with E-state index in [1.54, 1.807) is 7.11 Å². The molecule has 0 unspecified atom stereocenters. The molecule has 182 valence electrons. The molecule has 0 amide bonds. The van der Waals surface area contributed by atoms with Crippen LogP contribution in [0.1, 0.15) is 70.4 Å². The molecule has 0 aliphatic carbocycles. The third kappa shape index (κ3) is 7.49. The maximum Gasteiger partial charge on any atom is 0.229 e. The van der Waals surface area contributed by atoms with E-state index in [2.05, 4.69) is 40.4 Å². The predicted molar refractivity (Wildman–Crippen MR) is 136 cm³/mol. The van der Waals surface area contributed by atoms with E-state index in [4.69, 9.17) is 14.5 Å². The van der Waals surface area contributed by atoms with Crippen LogP contribution in [-0.4, -0.2) is 55.3 Å². The van der Waals surface area contributed by atoms with Crippen molar-refractivity contribution < 1.29 is 9.47 Å². The van der Waals surface area contributed by atoms with Crippen LogP contribution in [0.2, 0.25) is 0 Å². The number of hydrogen-bond donors (Lipinski definition) is 2. The molecule has 3 rings (SSSR count). The molecular formula is C26H41N5O2. The van der Waals surface area contributed by atoms with E-state index in [0.29, 0.717) is 18.5 Å². The van der Waals surface area contributed by atoms with Crippen molar-refractivity contribution in [2.24, 2.45) is 0 Å². The van der Waals surface area contributed by atoms with Gasteiger partial charge in [-0.25, -0.2) is 4.98 Å². The fraction of sp³-hybridized carbons (Fsp3) is 0.615. The molecule has 1 aliphatic rings. The van der Waals surface area contributed by atoms with Gasteiger partial charge in [-0.1, -0.05) is 26.7 Å². The van der Waals surface area contributed by atoms with E-state index in [-0.39, 0.29) is 0 Å². The van der Waals surface area contributed by atoms with Crippen LogP contribution in [0.25, 0.3) is 0 Å². The van der Waals surface area contributed by atoms with Crippen molar-refractivity contribution >= 4 is 17.5 Å². The van der Waals surface area contributed by atoms with Crippen LogP contribution in [0.5, 0.6) is 11.5 Å². The summed E-state index contributed by atoms with van der Waals surface area (Å²) >= 11 is 0. The van der Waals surface area contributed by atoms with Crippen molar-refractivity contribution in [2.75, 3.05) is 51.0 Å². The molecule has 0 atom stereocenters. The zero-order valence-electron chi connectivity index (χ0n) is 20.8. The van der Waals surface area contributed by atoms with Crippen molar-refractivity contribution in [3.05, 3.63) is 30.0 Å². The fourth-order valence-corrected chi connectivity index (χ4v) is 4.47. The highest BCUT2D eigenvalue weighted by Gasteiger charge is 2.15. The van der Waals surface area contributed by atoms with E-state index >= 15 is 0 Å². The van der Waals surface area contributed by atoms with Gasteiger partial charge in [0.2, 0.25) is 5.95 Å². The average Bonchev–Trinajstić information content (AvgIpc) is 3.35. The minimum atomic E-state index is 0.445. The van der Waals surface area contributed by atoms with Crippen molar-refractivity contribution in [2.45, 2.75) is 64.7 Å². The Bertz CT molecular complexity index is 849. The molecular weight excluding hydrogens is 414 g/mol. The maximum atomic E-state index is 6.09. The number of nitrogens with one attached hydrogen (secondary N) is 2. The molecule has 2 heterocycles. The first-order valence-corrected chi connectivity index (χ1v) is 12.5. The fourth-order valence-electron chi connectivity index (χ4n) is 4.47. The first-order chi connectivity index (χ1) is 16.2. The number of nitrogens with zero attached hydrogens (tertiary/aromatic N) is 3. The van der Waals surface area contributed by atoms with Crippen molar-refractivity contribution in [1.82, 2.24) is 14.9 Å². The molecule has 1 fully saturated rings. The Hall–Kier alpha value is -2.54. The summed E-state index contributed by atoms with van der Waals surface area (Å²) in [6.07, 6.45) is 8.19. The van der Waals surface area contributed by atoms with Gasteiger partial charge < -0.3 is 25.0 Å². The van der Waals surface area contributed by atoms with Gasteiger partial charge in [0.1, 0.15) is 5.82 Å². The SMILES string of the molecule is CCCC(CCC)c1cc(NC)nc(Nc2ccc(OC)c(OCCCN3CCCC3)c2)n1. The second kappa shape index (κ2) is 13.2. The van der Waals surface area contributed by atoms with Crippen molar-refractivity contribution in [3.8, 4) is 11.5 Å². The van der Waals surface area contributed by atoms with E-state index in [1.165, 1.54) is 25.9 Å². The highest BCUT2D eigenvalue weighted by atomic mass is 16.5. The number of rotatable bonds is 14. The van der Waals surface area contributed by atoms with E-state index < -0.39 is 0 Å². The van der Waals surface area contributed by atoms with Crippen molar-refractivity contribution in [3.63, 3.8) is 0 Å². The Morgan fingerprint density at radius 1 is 1.03 bits per heavy atom. The Morgan fingerprint density at radius 2 is 1.79 bits per heavy atom. The lowest BCUT2D eigenvalue weighted by Crippen LogP contribution is -2.21. The molecule has 7 nitrogen and oxygen atoms in total. The molecule has 33 heavy (non-hydrogen) atoms. The minimum Gasteiger partial charge on any atom is -0.493 e. The molecule has 0 bridgehead atoms. The van der Waals surface area contributed by atoms with Crippen LogP contribution in [0.3, 0.4) is 0 Å². The molecule has 2 aromatic rings. The number of methoxy groups -OCH3 is 1. The largest absolute Gasteiger partial charge is 0.493 e. The van der Waals surface area contributed by atoms with Crippen LogP contribution in [0.4, 0.5) is 17.5 Å². The summed E-state index contributed by atoms with van der Waals surface area (Å²) < 4.78 is 11.6. The minimum absolute atomic E-state index is 0.445. The Kier molecular flexibility index (Phi) is 10.1. The smallest absolute Gasteiger partial charge is 0.229 e. The van der Waals surface area contributed by atoms with Gasteiger partial charge in [0.05, 0.1) is 19.4 Å². The number of benzene rings is 1. The summed E-state index contributed by atoms with van der Waals surface area (Å²) in [7, 11) is 3.57. The molecule has 0 spiro atoms. The number of likely N-dealkylation sites (tertiary alicyclic amines) is 1. The number of hydrogen-bond acceptors (Lipinski definition) is 7. The topological polar surface area (TPSA) is 71.5 Å².